The fraction of sp³-hybridized carbons (Fsp3) is 0.684. The lowest BCUT2D eigenvalue weighted by atomic mass is 9.97. The molecule has 0 spiro atoms. The van der Waals surface area contributed by atoms with E-state index in [4.69, 9.17) is 19.5 Å². The summed E-state index contributed by atoms with van der Waals surface area (Å²) in [5, 5.41) is 25.9. The molecule has 3 N–H and O–H groups in total. The number of aryl methyl sites for hydroxylation is 1. The Labute approximate surface area is 160 Å². The second-order valence-electron chi connectivity index (χ2n) is 7.33. The molecule has 0 aliphatic carbocycles. The maximum absolute atomic E-state index is 11.8. The van der Waals surface area contributed by atoms with Gasteiger partial charge in [-0.05, 0) is 19.1 Å². The lowest BCUT2D eigenvalue weighted by Crippen LogP contribution is -2.25. The van der Waals surface area contributed by atoms with Crippen molar-refractivity contribution in [3.8, 4) is 0 Å². The van der Waals surface area contributed by atoms with E-state index in [9.17, 15) is 8.42 Å². The molecule has 156 valence electrons. The molecular formula is C19H38O6S. The average Bonchev–Trinajstić information content (AvgIpc) is 2.54. The monoisotopic (exact) mass is 394 g/mol. The normalized spacial score (nSPS) is 11.5. The fourth-order valence-electron chi connectivity index (χ4n) is 1.11. The van der Waals surface area contributed by atoms with Crippen molar-refractivity contribution < 1.29 is 27.9 Å². The SMILES string of the molecule is C.C.CC(C)(CO)CO.Cc1ccc(S(=O)(=O)OCC(C)(C)CO)cc1. The highest BCUT2D eigenvalue weighted by molar-refractivity contribution is 7.86. The van der Waals surface area contributed by atoms with Crippen molar-refractivity contribution in [2.45, 2.75) is 54.4 Å². The van der Waals surface area contributed by atoms with E-state index < -0.39 is 15.5 Å². The summed E-state index contributed by atoms with van der Waals surface area (Å²) in [5.41, 5.74) is 0.109. The minimum Gasteiger partial charge on any atom is -0.396 e. The molecule has 1 aromatic rings. The molecule has 1 aromatic carbocycles. The van der Waals surface area contributed by atoms with Gasteiger partial charge in [0.1, 0.15) is 0 Å². The summed E-state index contributed by atoms with van der Waals surface area (Å²) in [6.07, 6.45) is 0. The van der Waals surface area contributed by atoms with Gasteiger partial charge in [0.15, 0.2) is 0 Å². The molecule has 6 nitrogen and oxygen atoms in total. The van der Waals surface area contributed by atoms with Gasteiger partial charge in [0.05, 0.1) is 31.3 Å². The highest BCUT2D eigenvalue weighted by Crippen LogP contribution is 2.19. The first kappa shape index (κ1) is 29.8. The number of hydrogen-bond acceptors (Lipinski definition) is 6. The molecule has 0 saturated heterocycles. The van der Waals surface area contributed by atoms with Gasteiger partial charge in [-0.3, -0.25) is 4.18 Å². The second-order valence-corrected chi connectivity index (χ2v) is 8.95. The number of rotatable bonds is 7. The summed E-state index contributed by atoms with van der Waals surface area (Å²) < 4.78 is 28.5. The molecule has 0 atom stereocenters. The number of aliphatic hydroxyl groups is 3. The minimum absolute atomic E-state index is 0. The highest BCUT2D eigenvalue weighted by atomic mass is 32.2. The van der Waals surface area contributed by atoms with E-state index in [0.29, 0.717) is 0 Å². The maximum atomic E-state index is 11.8. The van der Waals surface area contributed by atoms with Crippen LogP contribution in [-0.4, -0.2) is 50.2 Å². The fourth-order valence-corrected chi connectivity index (χ4v) is 2.19. The van der Waals surface area contributed by atoms with Crippen molar-refractivity contribution in [3.63, 3.8) is 0 Å². The third-order valence-electron chi connectivity index (χ3n) is 3.20. The molecule has 0 unspecified atom stereocenters. The molecular weight excluding hydrogens is 356 g/mol. The molecule has 0 radical (unpaired) electrons. The zero-order valence-electron chi connectivity index (χ0n) is 15.1. The van der Waals surface area contributed by atoms with E-state index in [1.165, 1.54) is 12.1 Å². The molecule has 0 heterocycles. The van der Waals surface area contributed by atoms with Gasteiger partial charge in [0, 0.05) is 10.8 Å². The van der Waals surface area contributed by atoms with Crippen LogP contribution < -0.4 is 0 Å². The van der Waals surface area contributed by atoms with E-state index in [0.717, 1.165) is 5.56 Å². The van der Waals surface area contributed by atoms with Crippen LogP contribution in [0.4, 0.5) is 0 Å². The van der Waals surface area contributed by atoms with Gasteiger partial charge >= 0.3 is 0 Å². The standard InChI is InChI=1S/C12H18O4S.C5H12O2.2CH4/c1-10-4-6-11(7-5-10)17(14,15)16-9-12(2,3)8-13;1-5(2,3-6)4-7;;/h4-7,13H,8-9H2,1-3H3;6-7H,3-4H2,1-2H3;2*1H4. The third kappa shape index (κ3) is 11.6. The van der Waals surface area contributed by atoms with E-state index in [1.54, 1.807) is 39.8 Å². The van der Waals surface area contributed by atoms with Gasteiger partial charge in [-0.2, -0.15) is 8.42 Å². The Hall–Kier alpha value is -0.990. The van der Waals surface area contributed by atoms with Crippen LogP contribution in [0.15, 0.2) is 29.2 Å². The Bertz CT molecular complexity index is 571. The number of benzene rings is 1. The van der Waals surface area contributed by atoms with Crippen LogP contribution in [0.25, 0.3) is 0 Å². The summed E-state index contributed by atoms with van der Waals surface area (Å²) >= 11 is 0. The van der Waals surface area contributed by atoms with Crippen molar-refractivity contribution in [1.29, 1.82) is 0 Å². The van der Waals surface area contributed by atoms with Gasteiger partial charge in [-0.15, -0.1) is 0 Å². The summed E-state index contributed by atoms with van der Waals surface area (Å²) in [6.45, 7) is 8.87. The molecule has 0 saturated carbocycles. The molecule has 0 aliphatic heterocycles. The molecule has 26 heavy (non-hydrogen) atoms. The average molecular weight is 395 g/mol. The van der Waals surface area contributed by atoms with Crippen molar-refractivity contribution in [2.24, 2.45) is 10.8 Å². The Balaban J connectivity index is -0.000000507. The van der Waals surface area contributed by atoms with Crippen LogP contribution in [-0.2, 0) is 14.3 Å². The summed E-state index contributed by atoms with van der Waals surface area (Å²) in [4.78, 5) is 0.136. The van der Waals surface area contributed by atoms with Gasteiger partial charge in [-0.1, -0.05) is 60.2 Å². The van der Waals surface area contributed by atoms with Crippen molar-refractivity contribution in [1.82, 2.24) is 0 Å². The van der Waals surface area contributed by atoms with E-state index in [1.807, 2.05) is 6.92 Å². The van der Waals surface area contributed by atoms with Gasteiger partial charge < -0.3 is 15.3 Å². The van der Waals surface area contributed by atoms with Gasteiger partial charge in [0.25, 0.3) is 10.1 Å². The Morgan fingerprint density at radius 1 is 0.846 bits per heavy atom. The van der Waals surface area contributed by atoms with E-state index in [-0.39, 0.29) is 51.6 Å². The molecule has 0 fully saturated rings. The topological polar surface area (TPSA) is 104 Å². The predicted molar refractivity (Wildman–Crippen MR) is 107 cm³/mol. The molecule has 0 aliphatic rings. The predicted octanol–water partition coefficient (Wildman–Crippen LogP) is 2.99. The molecule has 7 heteroatoms. The summed E-state index contributed by atoms with van der Waals surface area (Å²) in [5.74, 6) is 0. The third-order valence-corrected chi connectivity index (χ3v) is 4.48. The van der Waals surface area contributed by atoms with Gasteiger partial charge in [0.2, 0.25) is 0 Å². The zero-order valence-corrected chi connectivity index (χ0v) is 15.9. The summed E-state index contributed by atoms with van der Waals surface area (Å²) in [6, 6.07) is 6.45. The Kier molecular flexibility index (Phi) is 14.2. The number of hydrogen-bond donors (Lipinski definition) is 3. The first-order chi connectivity index (χ1) is 10.9. The van der Waals surface area contributed by atoms with Crippen molar-refractivity contribution in [2.75, 3.05) is 26.4 Å². The molecule has 1 rings (SSSR count). The van der Waals surface area contributed by atoms with Crippen LogP contribution in [0.3, 0.4) is 0 Å². The highest BCUT2D eigenvalue weighted by Gasteiger charge is 2.22. The molecule has 0 bridgehead atoms. The minimum atomic E-state index is -3.73. The summed E-state index contributed by atoms with van der Waals surface area (Å²) in [7, 11) is -3.73. The van der Waals surface area contributed by atoms with Crippen LogP contribution in [0.2, 0.25) is 0 Å². The maximum Gasteiger partial charge on any atom is 0.296 e. The van der Waals surface area contributed by atoms with Crippen LogP contribution in [0.1, 0.15) is 48.1 Å². The quantitative estimate of drug-likeness (QED) is 0.614. The molecule has 0 amide bonds. The van der Waals surface area contributed by atoms with Crippen molar-refractivity contribution in [3.05, 3.63) is 29.8 Å². The molecule has 0 aromatic heterocycles. The Morgan fingerprint density at radius 2 is 1.23 bits per heavy atom. The largest absolute Gasteiger partial charge is 0.396 e. The smallest absolute Gasteiger partial charge is 0.296 e. The second kappa shape index (κ2) is 12.4. The van der Waals surface area contributed by atoms with Crippen LogP contribution >= 0.6 is 0 Å². The van der Waals surface area contributed by atoms with Crippen molar-refractivity contribution >= 4 is 10.1 Å². The lowest BCUT2D eigenvalue weighted by molar-refractivity contribution is 0.0857. The first-order valence-corrected chi connectivity index (χ1v) is 9.09. The van der Waals surface area contributed by atoms with Crippen LogP contribution in [0.5, 0.6) is 0 Å². The van der Waals surface area contributed by atoms with Crippen LogP contribution in [0, 0.1) is 17.8 Å². The zero-order chi connectivity index (χ0) is 19.0. The first-order valence-electron chi connectivity index (χ1n) is 7.68. The van der Waals surface area contributed by atoms with E-state index in [2.05, 4.69) is 0 Å². The van der Waals surface area contributed by atoms with E-state index >= 15 is 0 Å². The number of aliphatic hydroxyl groups excluding tert-OH is 3. The lowest BCUT2D eigenvalue weighted by Gasteiger charge is -2.20. The van der Waals surface area contributed by atoms with Gasteiger partial charge in [-0.25, -0.2) is 0 Å². The Morgan fingerprint density at radius 3 is 1.54 bits per heavy atom.